The van der Waals surface area contributed by atoms with Gasteiger partial charge in [-0.15, -0.1) is 22.7 Å². The summed E-state index contributed by atoms with van der Waals surface area (Å²) < 4.78 is 5.31. The van der Waals surface area contributed by atoms with Gasteiger partial charge >= 0.3 is 0 Å². The summed E-state index contributed by atoms with van der Waals surface area (Å²) in [5.41, 5.74) is 5.73. The third kappa shape index (κ3) is 3.22. The van der Waals surface area contributed by atoms with Gasteiger partial charge in [-0.2, -0.15) is 0 Å². The molecule has 3 aromatic heterocycles. The van der Waals surface area contributed by atoms with Crippen LogP contribution in [0.3, 0.4) is 0 Å². The lowest BCUT2D eigenvalue weighted by atomic mass is 9.96. The summed E-state index contributed by atoms with van der Waals surface area (Å²) in [5.74, 6) is 0. The van der Waals surface area contributed by atoms with E-state index in [1.165, 1.54) is 67.6 Å². The molecule has 0 amide bonds. The van der Waals surface area contributed by atoms with Gasteiger partial charge in [-0.1, -0.05) is 97.1 Å². The number of fused-ring (bicyclic) bond motifs is 9. The van der Waals surface area contributed by atoms with E-state index in [2.05, 4.69) is 127 Å². The van der Waals surface area contributed by atoms with Crippen molar-refractivity contribution < 1.29 is 0 Å². The zero-order chi connectivity index (χ0) is 26.2. The van der Waals surface area contributed by atoms with E-state index in [4.69, 9.17) is 4.98 Å². The summed E-state index contributed by atoms with van der Waals surface area (Å²) in [6.07, 6.45) is 0. The Balaban J connectivity index is 1.26. The van der Waals surface area contributed by atoms with Gasteiger partial charge in [-0.3, -0.25) is 0 Å². The van der Waals surface area contributed by atoms with Crippen LogP contribution < -0.4 is 0 Å². The van der Waals surface area contributed by atoms with Crippen molar-refractivity contribution >= 4 is 84.7 Å². The molecule has 40 heavy (non-hydrogen) atoms. The third-order valence-corrected chi connectivity index (χ3v) is 10.4. The molecule has 0 radical (unpaired) electrons. The molecular formula is C37H21NS2. The van der Waals surface area contributed by atoms with E-state index in [0.717, 1.165) is 16.8 Å². The van der Waals surface area contributed by atoms with E-state index in [-0.39, 0.29) is 0 Å². The van der Waals surface area contributed by atoms with Gasteiger partial charge in [0, 0.05) is 56.7 Å². The van der Waals surface area contributed by atoms with Gasteiger partial charge in [-0.05, 0) is 46.8 Å². The van der Waals surface area contributed by atoms with Crippen LogP contribution in [0.1, 0.15) is 0 Å². The molecule has 1 nitrogen and oxygen atoms in total. The molecule has 0 aliphatic carbocycles. The Bertz CT molecular complexity index is 2430. The molecule has 0 spiro atoms. The number of hydrogen-bond donors (Lipinski definition) is 0. The number of benzene rings is 6. The van der Waals surface area contributed by atoms with Gasteiger partial charge in [0.1, 0.15) is 0 Å². The lowest BCUT2D eigenvalue weighted by Crippen LogP contribution is -1.90. The van der Waals surface area contributed by atoms with Crippen LogP contribution in [0.25, 0.3) is 84.4 Å². The predicted octanol–water partition coefficient (Wildman–Crippen LogP) is 11.5. The minimum absolute atomic E-state index is 1.03. The summed E-state index contributed by atoms with van der Waals surface area (Å²) in [7, 11) is 0. The van der Waals surface area contributed by atoms with Gasteiger partial charge in [0.15, 0.2) is 0 Å². The fraction of sp³-hybridized carbons (Fsp3) is 0. The zero-order valence-corrected chi connectivity index (χ0v) is 23.0. The average Bonchev–Trinajstić information content (AvgIpc) is 3.58. The number of hydrogen-bond acceptors (Lipinski definition) is 3. The first-order valence-electron chi connectivity index (χ1n) is 13.5. The molecule has 9 rings (SSSR count). The Hall–Kier alpha value is -4.57. The van der Waals surface area contributed by atoms with Crippen molar-refractivity contribution in [3.8, 4) is 22.4 Å². The first-order chi connectivity index (χ1) is 19.8. The first-order valence-corrected chi connectivity index (χ1v) is 15.1. The van der Waals surface area contributed by atoms with E-state index in [9.17, 15) is 0 Å². The van der Waals surface area contributed by atoms with Gasteiger partial charge in [0.2, 0.25) is 0 Å². The van der Waals surface area contributed by atoms with Crippen LogP contribution in [-0.4, -0.2) is 4.98 Å². The molecular weight excluding hydrogens is 523 g/mol. The topological polar surface area (TPSA) is 12.9 Å². The molecule has 0 fully saturated rings. The molecule has 0 atom stereocenters. The van der Waals surface area contributed by atoms with E-state index < -0.39 is 0 Å². The molecule has 0 saturated carbocycles. The van der Waals surface area contributed by atoms with Gasteiger partial charge < -0.3 is 0 Å². The number of para-hydroxylation sites is 1. The van der Waals surface area contributed by atoms with Crippen LogP contribution >= 0.6 is 22.7 Å². The molecule has 0 saturated heterocycles. The van der Waals surface area contributed by atoms with Crippen molar-refractivity contribution in [2.24, 2.45) is 0 Å². The Morgan fingerprint density at radius 3 is 1.88 bits per heavy atom. The standard InChI is InChI=1S/C37H21NS2/c1-4-13-32-25(8-1)29-20-30-27-10-3-5-14-33(27)39-35(30)21-31(29)36(38-32)23-18-16-22(17-19-23)24-11-7-12-28-26-9-2-6-15-34(26)40-37(24)28/h1-21H. The maximum absolute atomic E-state index is 5.22. The lowest BCUT2D eigenvalue weighted by molar-refractivity contribution is 1.43. The Morgan fingerprint density at radius 2 is 1.05 bits per heavy atom. The predicted molar refractivity (Wildman–Crippen MR) is 176 cm³/mol. The molecule has 0 bridgehead atoms. The summed E-state index contributed by atoms with van der Waals surface area (Å²) in [5, 5.41) is 8.98. The lowest BCUT2D eigenvalue weighted by Gasteiger charge is -2.12. The second kappa shape index (κ2) is 8.46. The van der Waals surface area contributed by atoms with E-state index in [1.807, 2.05) is 22.7 Å². The van der Waals surface area contributed by atoms with Crippen molar-refractivity contribution in [2.45, 2.75) is 0 Å². The third-order valence-electron chi connectivity index (χ3n) is 8.07. The van der Waals surface area contributed by atoms with Gasteiger partial charge in [0.25, 0.3) is 0 Å². The zero-order valence-electron chi connectivity index (χ0n) is 21.4. The fourth-order valence-electron chi connectivity index (χ4n) is 6.17. The normalized spacial score (nSPS) is 12.0. The number of thiophene rings is 2. The Morgan fingerprint density at radius 1 is 0.400 bits per heavy atom. The van der Waals surface area contributed by atoms with Crippen LogP contribution in [0, 0.1) is 0 Å². The number of aromatic nitrogens is 1. The molecule has 3 heterocycles. The maximum Gasteiger partial charge on any atom is 0.0788 e. The molecule has 6 aromatic carbocycles. The van der Waals surface area contributed by atoms with Crippen molar-refractivity contribution in [3.63, 3.8) is 0 Å². The van der Waals surface area contributed by atoms with Crippen molar-refractivity contribution in [1.82, 2.24) is 4.98 Å². The Labute approximate surface area is 238 Å². The smallest absolute Gasteiger partial charge is 0.0788 e. The van der Waals surface area contributed by atoms with Crippen LogP contribution in [0.5, 0.6) is 0 Å². The minimum atomic E-state index is 1.03. The van der Waals surface area contributed by atoms with E-state index in [1.54, 1.807) is 0 Å². The molecule has 9 aromatic rings. The van der Waals surface area contributed by atoms with E-state index >= 15 is 0 Å². The van der Waals surface area contributed by atoms with Crippen LogP contribution in [0.4, 0.5) is 0 Å². The average molecular weight is 544 g/mol. The largest absolute Gasteiger partial charge is 0.247 e. The van der Waals surface area contributed by atoms with Crippen LogP contribution in [0.2, 0.25) is 0 Å². The highest BCUT2D eigenvalue weighted by molar-refractivity contribution is 7.26. The Kier molecular flexibility index (Phi) is 4.71. The second-order valence-electron chi connectivity index (χ2n) is 10.3. The van der Waals surface area contributed by atoms with Gasteiger partial charge in [-0.25, -0.2) is 4.98 Å². The molecule has 0 N–H and O–H groups in total. The molecule has 0 aliphatic heterocycles. The summed E-state index contributed by atoms with van der Waals surface area (Å²) in [6.45, 7) is 0. The number of pyridine rings is 1. The summed E-state index contributed by atoms with van der Waals surface area (Å²) in [4.78, 5) is 5.22. The van der Waals surface area contributed by atoms with Crippen LogP contribution in [0.15, 0.2) is 127 Å². The number of nitrogens with zero attached hydrogens (tertiary/aromatic N) is 1. The maximum atomic E-state index is 5.22. The summed E-state index contributed by atoms with van der Waals surface area (Å²) >= 11 is 3.74. The second-order valence-corrected chi connectivity index (χ2v) is 12.5. The highest BCUT2D eigenvalue weighted by Gasteiger charge is 2.15. The molecule has 3 heteroatoms. The van der Waals surface area contributed by atoms with Crippen molar-refractivity contribution in [3.05, 3.63) is 127 Å². The summed E-state index contributed by atoms with van der Waals surface area (Å²) in [6, 6.07) is 46.3. The quantitative estimate of drug-likeness (QED) is 0.198. The first kappa shape index (κ1) is 22.3. The monoisotopic (exact) mass is 543 g/mol. The highest BCUT2D eigenvalue weighted by atomic mass is 32.1. The fourth-order valence-corrected chi connectivity index (χ4v) is 8.54. The minimum Gasteiger partial charge on any atom is -0.247 e. The van der Waals surface area contributed by atoms with Crippen molar-refractivity contribution in [2.75, 3.05) is 0 Å². The molecule has 186 valence electrons. The highest BCUT2D eigenvalue weighted by Crippen LogP contribution is 2.42. The molecule has 0 unspecified atom stereocenters. The SMILES string of the molecule is c1ccc2c(c1)nc(-c1ccc(-c3cccc4c3sc3ccccc34)cc1)c1cc3sc4ccccc4c3cc12. The number of rotatable bonds is 2. The van der Waals surface area contributed by atoms with Gasteiger partial charge in [0.05, 0.1) is 11.2 Å². The van der Waals surface area contributed by atoms with Crippen molar-refractivity contribution in [1.29, 1.82) is 0 Å². The van der Waals surface area contributed by atoms with Crippen LogP contribution in [-0.2, 0) is 0 Å². The van der Waals surface area contributed by atoms with E-state index in [0.29, 0.717) is 0 Å². The molecule has 0 aliphatic rings.